The number of hydrogen-bond acceptors (Lipinski definition) is 5. The highest BCUT2D eigenvalue weighted by Crippen LogP contribution is 2.46. The quantitative estimate of drug-likeness (QED) is 0.533. The number of halogens is 1. The molecule has 0 N–H and O–H groups in total. The Bertz CT molecular complexity index is 1280. The molecule has 7 nitrogen and oxygen atoms in total. The van der Waals surface area contributed by atoms with Crippen LogP contribution in [0.2, 0.25) is 5.02 Å². The summed E-state index contributed by atoms with van der Waals surface area (Å²) >= 11 is 6.26. The number of ether oxygens (including phenoxy) is 4. The lowest BCUT2D eigenvalue weighted by Crippen LogP contribution is -2.50. The number of piperidine rings is 1. The van der Waals surface area contributed by atoms with Gasteiger partial charge in [0, 0.05) is 61.5 Å². The van der Waals surface area contributed by atoms with E-state index in [0.29, 0.717) is 55.5 Å². The molecule has 0 radical (unpaired) electrons. The maximum atomic E-state index is 13.4. The lowest BCUT2D eigenvalue weighted by atomic mass is 9.86. The normalized spacial score (nSPS) is 19.3. The van der Waals surface area contributed by atoms with Crippen molar-refractivity contribution in [3.05, 3.63) is 76.6 Å². The van der Waals surface area contributed by atoms with Crippen molar-refractivity contribution in [3.63, 3.8) is 0 Å². The summed E-state index contributed by atoms with van der Waals surface area (Å²) in [6, 6.07) is 15.4. The molecule has 0 bridgehead atoms. The fourth-order valence-corrected chi connectivity index (χ4v) is 5.64. The van der Waals surface area contributed by atoms with Crippen molar-refractivity contribution in [2.24, 2.45) is 0 Å². The monoisotopic (exact) mass is 494 g/mol. The molecular formula is C27H27ClN2O5. The topological polar surface area (TPSA) is 62.2 Å². The molecule has 0 aliphatic carbocycles. The standard InChI is InChI=1S/C27H27ClN2O5/c1-32-22-14-18(5-7-20(22)27(33-2)16-34-17-27)25(31)29-12-9-26(10-13-29)24-4-3-11-30(24)21-8-6-19(28)15-23(21)35-26/h3-8,11,14-15H,9-10,12-13,16-17H2,1-2H3. The van der Waals surface area contributed by atoms with Gasteiger partial charge in [-0.15, -0.1) is 0 Å². The van der Waals surface area contributed by atoms with Crippen LogP contribution in [0.1, 0.15) is 34.5 Å². The molecule has 182 valence electrons. The zero-order valence-electron chi connectivity index (χ0n) is 19.8. The van der Waals surface area contributed by atoms with E-state index in [1.54, 1.807) is 14.2 Å². The van der Waals surface area contributed by atoms with Gasteiger partial charge in [-0.1, -0.05) is 17.7 Å². The number of hydrogen-bond donors (Lipinski definition) is 0. The summed E-state index contributed by atoms with van der Waals surface area (Å²) in [7, 11) is 3.28. The van der Waals surface area contributed by atoms with Crippen LogP contribution in [-0.4, -0.2) is 55.9 Å². The van der Waals surface area contributed by atoms with Crippen LogP contribution >= 0.6 is 11.6 Å². The number of nitrogens with zero attached hydrogens (tertiary/aromatic N) is 2. The van der Waals surface area contributed by atoms with Crippen molar-refractivity contribution < 1.29 is 23.7 Å². The average Bonchev–Trinajstić information content (AvgIpc) is 3.35. The Morgan fingerprint density at radius 1 is 1.06 bits per heavy atom. The van der Waals surface area contributed by atoms with Gasteiger partial charge in [-0.2, -0.15) is 0 Å². The van der Waals surface area contributed by atoms with Crippen molar-refractivity contribution in [3.8, 4) is 17.2 Å². The molecule has 2 aromatic carbocycles. The number of fused-ring (bicyclic) bond motifs is 4. The summed E-state index contributed by atoms with van der Waals surface area (Å²) < 4.78 is 25.5. The second kappa shape index (κ2) is 8.29. The van der Waals surface area contributed by atoms with E-state index in [4.69, 9.17) is 30.5 Å². The number of carbonyl (C=O) groups is 1. The van der Waals surface area contributed by atoms with E-state index >= 15 is 0 Å². The summed E-state index contributed by atoms with van der Waals surface area (Å²) in [4.78, 5) is 15.3. The van der Waals surface area contributed by atoms with Crippen molar-refractivity contribution in [1.29, 1.82) is 0 Å². The molecule has 1 spiro atoms. The first-order chi connectivity index (χ1) is 17.0. The molecule has 2 saturated heterocycles. The van der Waals surface area contributed by atoms with E-state index in [1.807, 2.05) is 47.4 Å². The third kappa shape index (κ3) is 3.44. The molecule has 8 heteroatoms. The van der Waals surface area contributed by atoms with Crippen molar-refractivity contribution >= 4 is 17.5 Å². The van der Waals surface area contributed by atoms with Crippen LogP contribution in [0.15, 0.2) is 54.7 Å². The average molecular weight is 495 g/mol. The molecule has 2 fully saturated rings. The van der Waals surface area contributed by atoms with Gasteiger partial charge in [-0.3, -0.25) is 4.79 Å². The summed E-state index contributed by atoms with van der Waals surface area (Å²) in [5.41, 5.74) is 2.58. The van der Waals surface area contributed by atoms with Gasteiger partial charge >= 0.3 is 0 Å². The molecular weight excluding hydrogens is 468 g/mol. The molecule has 0 saturated carbocycles. The number of amides is 1. The van der Waals surface area contributed by atoms with Gasteiger partial charge in [-0.25, -0.2) is 0 Å². The second-order valence-corrected chi connectivity index (χ2v) is 9.81. The van der Waals surface area contributed by atoms with Gasteiger partial charge in [-0.05, 0) is 36.4 Å². The van der Waals surface area contributed by atoms with Gasteiger partial charge in [0.15, 0.2) is 5.60 Å². The Labute approximate surface area is 209 Å². The minimum Gasteiger partial charge on any atom is -0.496 e. The number of aromatic nitrogens is 1. The van der Waals surface area contributed by atoms with Crippen molar-refractivity contribution in [2.75, 3.05) is 40.5 Å². The van der Waals surface area contributed by atoms with Crippen LogP contribution in [0.25, 0.3) is 5.69 Å². The third-order valence-corrected chi connectivity index (χ3v) is 7.80. The van der Waals surface area contributed by atoms with Crippen LogP contribution < -0.4 is 9.47 Å². The highest BCUT2D eigenvalue weighted by atomic mass is 35.5. The maximum absolute atomic E-state index is 13.4. The predicted molar refractivity (Wildman–Crippen MR) is 131 cm³/mol. The molecule has 35 heavy (non-hydrogen) atoms. The first kappa shape index (κ1) is 22.5. The van der Waals surface area contributed by atoms with Gasteiger partial charge in [0.25, 0.3) is 5.91 Å². The smallest absolute Gasteiger partial charge is 0.253 e. The third-order valence-electron chi connectivity index (χ3n) is 7.56. The number of methoxy groups -OCH3 is 2. The zero-order valence-corrected chi connectivity index (χ0v) is 20.5. The number of rotatable bonds is 4. The summed E-state index contributed by atoms with van der Waals surface area (Å²) in [6.07, 6.45) is 3.43. The molecule has 1 aromatic heterocycles. The van der Waals surface area contributed by atoms with Crippen LogP contribution in [0.5, 0.6) is 11.5 Å². The first-order valence-electron chi connectivity index (χ1n) is 11.8. The highest BCUT2D eigenvalue weighted by Gasteiger charge is 2.45. The van der Waals surface area contributed by atoms with Crippen LogP contribution in [-0.2, 0) is 20.7 Å². The summed E-state index contributed by atoms with van der Waals surface area (Å²) in [6.45, 7) is 2.11. The second-order valence-electron chi connectivity index (χ2n) is 9.37. The van der Waals surface area contributed by atoms with E-state index in [0.717, 1.165) is 22.7 Å². The SMILES string of the molecule is COc1cc(C(=O)N2CCC3(CC2)Oc2cc(Cl)ccc2-n2cccc23)ccc1C1(OC)COC1. The number of benzene rings is 2. The van der Waals surface area contributed by atoms with Crippen LogP contribution in [0, 0.1) is 0 Å². The molecule has 3 aliphatic rings. The number of carbonyl (C=O) groups excluding carboxylic acids is 1. The van der Waals surface area contributed by atoms with Crippen LogP contribution in [0.3, 0.4) is 0 Å². The Hall–Kier alpha value is -3.00. The molecule has 3 aromatic rings. The minimum absolute atomic E-state index is 0.0179. The van der Waals surface area contributed by atoms with E-state index in [1.165, 1.54) is 0 Å². The molecule has 6 rings (SSSR count). The fourth-order valence-electron chi connectivity index (χ4n) is 5.48. The van der Waals surface area contributed by atoms with Gasteiger partial charge in [0.2, 0.25) is 0 Å². The molecule has 4 heterocycles. The van der Waals surface area contributed by atoms with Crippen molar-refractivity contribution in [2.45, 2.75) is 24.0 Å². The largest absolute Gasteiger partial charge is 0.496 e. The van der Waals surface area contributed by atoms with E-state index in [2.05, 4.69) is 16.8 Å². The lowest BCUT2D eigenvalue weighted by molar-refractivity contribution is -0.203. The zero-order chi connectivity index (χ0) is 24.2. The predicted octanol–water partition coefficient (Wildman–Crippen LogP) is 4.54. The summed E-state index contributed by atoms with van der Waals surface area (Å²) in [5.74, 6) is 1.39. The van der Waals surface area contributed by atoms with Crippen LogP contribution in [0.4, 0.5) is 0 Å². The van der Waals surface area contributed by atoms with Gasteiger partial charge in [0.1, 0.15) is 17.1 Å². The van der Waals surface area contributed by atoms with E-state index in [9.17, 15) is 4.79 Å². The number of likely N-dealkylation sites (tertiary alicyclic amines) is 1. The molecule has 0 unspecified atom stereocenters. The van der Waals surface area contributed by atoms with Gasteiger partial charge < -0.3 is 28.4 Å². The van der Waals surface area contributed by atoms with Crippen molar-refractivity contribution in [1.82, 2.24) is 9.47 Å². The van der Waals surface area contributed by atoms with E-state index < -0.39 is 11.2 Å². The first-order valence-corrected chi connectivity index (χ1v) is 12.1. The highest BCUT2D eigenvalue weighted by molar-refractivity contribution is 6.30. The molecule has 1 amide bonds. The maximum Gasteiger partial charge on any atom is 0.253 e. The molecule has 0 atom stereocenters. The minimum atomic E-state index is -0.517. The van der Waals surface area contributed by atoms with Gasteiger partial charge in [0.05, 0.1) is 31.7 Å². The molecule has 3 aliphatic heterocycles. The Balaban J connectivity index is 1.23. The fraction of sp³-hybridized carbons (Fsp3) is 0.370. The Morgan fingerprint density at radius 3 is 2.54 bits per heavy atom. The van der Waals surface area contributed by atoms with E-state index in [-0.39, 0.29) is 5.91 Å². The lowest BCUT2D eigenvalue weighted by Gasteiger charge is -2.45. The summed E-state index contributed by atoms with van der Waals surface area (Å²) in [5, 5.41) is 0.642. The Kier molecular flexibility index (Phi) is 5.32. The Morgan fingerprint density at radius 2 is 1.86 bits per heavy atom.